The quantitative estimate of drug-likeness (QED) is 0.863. The van der Waals surface area contributed by atoms with Crippen LogP contribution >= 0.6 is 11.3 Å². The fraction of sp³-hybridized carbons (Fsp3) is 0.154. The summed E-state index contributed by atoms with van der Waals surface area (Å²) in [7, 11) is 0. The Kier molecular flexibility index (Phi) is 3.53. The lowest BCUT2D eigenvalue weighted by atomic mass is 10.0. The number of amides is 1. The van der Waals surface area contributed by atoms with E-state index < -0.39 is 0 Å². The van der Waals surface area contributed by atoms with Crippen LogP contribution in [0.3, 0.4) is 0 Å². The van der Waals surface area contributed by atoms with Crippen LogP contribution in [-0.2, 0) is 0 Å². The largest absolute Gasteiger partial charge is 0.298 e. The van der Waals surface area contributed by atoms with Crippen LogP contribution in [0.15, 0.2) is 30.5 Å². The number of benzene rings is 1. The lowest BCUT2D eigenvalue weighted by Crippen LogP contribution is -2.15. The van der Waals surface area contributed by atoms with Crippen LogP contribution in [-0.4, -0.2) is 16.7 Å². The maximum Gasteiger partial charge on any atom is 0.258 e. The number of nitrogens with one attached hydrogen (secondary N) is 1. The Morgan fingerprint density at radius 1 is 1.22 bits per heavy atom. The Hall–Kier alpha value is -2.01. The summed E-state index contributed by atoms with van der Waals surface area (Å²) in [6.45, 7) is 3.36. The topological polar surface area (TPSA) is 59.1 Å². The Morgan fingerprint density at radius 2 is 1.89 bits per heavy atom. The third-order valence-electron chi connectivity index (χ3n) is 2.39. The highest BCUT2D eigenvalue weighted by Crippen LogP contribution is 2.18. The molecule has 1 amide bonds. The molecule has 1 N–H and O–H groups in total. The summed E-state index contributed by atoms with van der Waals surface area (Å²) < 4.78 is 0. The molecular formula is C13H12N2O2S. The molecule has 1 aromatic carbocycles. The van der Waals surface area contributed by atoms with Gasteiger partial charge in [-0.3, -0.25) is 14.9 Å². The van der Waals surface area contributed by atoms with Crippen LogP contribution in [0.1, 0.15) is 32.5 Å². The van der Waals surface area contributed by atoms with Gasteiger partial charge in [-0.25, -0.2) is 4.98 Å². The van der Waals surface area contributed by atoms with Crippen molar-refractivity contribution in [1.82, 2.24) is 4.98 Å². The van der Waals surface area contributed by atoms with Gasteiger partial charge in [-0.15, -0.1) is 11.3 Å². The number of aryl methyl sites for hydroxylation is 1. The number of rotatable bonds is 3. The first-order valence-corrected chi connectivity index (χ1v) is 6.23. The molecule has 0 unspecified atom stereocenters. The summed E-state index contributed by atoms with van der Waals surface area (Å²) in [5, 5.41) is 3.23. The highest BCUT2D eigenvalue weighted by Gasteiger charge is 2.14. The summed E-state index contributed by atoms with van der Waals surface area (Å²) in [6, 6.07) is 6.74. The zero-order chi connectivity index (χ0) is 13.1. The molecule has 0 saturated carbocycles. The summed E-state index contributed by atoms with van der Waals surface area (Å²) >= 11 is 1.40. The number of hydrogen-bond acceptors (Lipinski definition) is 4. The van der Waals surface area contributed by atoms with Crippen LogP contribution in [0.5, 0.6) is 0 Å². The molecule has 92 valence electrons. The molecule has 5 heteroatoms. The fourth-order valence-corrected chi connectivity index (χ4v) is 2.22. The number of ketones is 1. The van der Waals surface area contributed by atoms with E-state index in [2.05, 4.69) is 10.3 Å². The normalized spacial score (nSPS) is 10.1. The molecule has 18 heavy (non-hydrogen) atoms. The number of anilines is 1. The van der Waals surface area contributed by atoms with Crippen molar-refractivity contribution in [2.24, 2.45) is 0 Å². The van der Waals surface area contributed by atoms with E-state index in [0.717, 1.165) is 4.88 Å². The SMILES string of the molecule is CC(=O)c1ccccc1C(=O)Nc1ncc(C)s1. The summed E-state index contributed by atoms with van der Waals surface area (Å²) in [5.74, 6) is -0.439. The number of aromatic nitrogens is 1. The van der Waals surface area contributed by atoms with Crippen LogP contribution in [0, 0.1) is 6.92 Å². The Bertz CT molecular complexity index is 605. The Balaban J connectivity index is 2.26. The minimum Gasteiger partial charge on any atom is -0.298 e. The molecule has 1 aromatic heterocycles. The van der Waals surface area contributed by atoms with Crippen LogP contribution in [0.4, 0.5) is 5.13 Å². The third kappa shape index (κ3) is 2.62. The number of thiazole rings is 1. The summed E-state index contributed by atoms with van der Waals surface area (Å²) in [6.07, 6.45) is 1.69. The number of carbonyl (C=O) groups is 2. The zero-order valence-corrected chi connectivity index (χ0v) is 10.9. The van der Waals surface area contributed by atoms with Crippen molar-refractivity contribution in [1.29, 1.82) is 0 Å². The number of nitrogens with zero attached hydrogens (tertiary/aromatic N) is 1. The van der Waals surface area contributed by atoms with Crippen molar-refractivity contribution >= 4 is 28.2 Å². The van der Waals surface area contributed by atoms with Gasteiger partial charge in [0.05, 0.1) is 5.56 Å². The van der Waals surface area contributed by atoms with Crippen molar-refractivity contribution in [2.45, 2.75) is 13.8 Å². The van der Waals surface area contributed by atoms with Gasteiger partial charge in [0, 0.05) is 16.6 Å². The van der Waals surface area contributed by atoms with E-state index in [4.69, 9.17) is 0 Å². The molecule has 0 aliphatic carbocycles. The molecule has 0 radical (unpaired) electrons. The highest BCUT2D eigenvalue weighted by molar-refractivity contribution is 7.15. The first kappa shape index (κ1) is 12.4. The second kappa shape index (κ2) is 5.10. The van der Waals surface area contributed by atoms with Crippen LogP contribution in [0.25, 0.3) is 0 Å². The minimum atomic E-state index is -0.310. The fourth-order valence-electron chi connectivity index (χ4n) is 1.57. The molecule has 2 rings (SSSR count). The van der Waals surface area contributed by atoms with Crippen molar-refractivity contribution in [3.63, 3.8) is 0 Å². The molecule has 0 spiro atoms. The van der Waals surface area contributed by atoms with Gasteiger partial charge in [0.1, 0.15) is 0 Å². The third-order valence-corrected chi connectivity index (χ3v) is 3.22. The molecule has 0 bridgehead atoms. The van der Waals surface area contributed by atoms with Crippen molar-refractivity contribution < 1.29 is 9.59 Å². The second-order valence-corrected chi connectivity index (χ2v) is 5.07. The van der Waals surface area contributed by atoms with Gasteiger partial charge in [0.15, 0.2) is 10.9 Å². The number of carbonyl (C=O) groups excluding carboxylic acids is 2. The summed E-state index contributed by atoms with van der Waals surface area (Å²) in [4.78, 5) is 28.6. The van der Waals surface area contributed by atoms with Gasteiger partial charge >= 0.3 is 0 Å². The van der Waals surface area contributed by atoms with E-state index in [1.807, 2.05) is 6.92 Å². The number of hydrogen-bond donors (Lipinski definition) is 1. The number of Topliss-reactive ketones (excluding diaryl/α,β-unsaturated/α-hetero) is 1. The maximum atomic E-state index is 12.1. The van der Waals surface area contributed by atoms with E-state index in [0.29, 0.717) is 16.3 Å². The molecule has 0 aliphatic heterocycles. The molecular weight excluding hydrogens is 248 g/mol. The Labute approximate surface area is 109 Å². The van der Waals surface area contributed by atoms with Crippen LogP contribution < -0.4 is 5.32 Å². The predicted octanol–water partition coefficient (Wildman–Crippen LogP) is 2.91. The lowest BCUT2D eigenvalue weighted by Gasteiger charge is -2.05. The highest BCUT2D eigenvalue weighted by atomic mass is 32.1. The van der Waals surface area contributed by atoms with Crippen molar-refractivity contribution in [2.75, 3.05) is 5.32 Å². The van der Waals surface area contributed by atoms with Crippen molar-refractivity contribution in [3.8, 4) is 0 Å². The monoisotopic (exact) mass is 260 g/mol. The molecule has 0 atom stereocenters. The molecule has 0 fully saturated rings. The predicted molar refractivity (Wildman–Crippen MR) is 71.3 cm³/mol. The van der Waals surface area contributed by atoms with Crippen molar-refractivity contribution in [3.05, 3.63) is 46.5 Å². The zero-order valence-electron chi connectivity index (χ0n) is 10.1. The minimum absolute atomic E-state index is 0.129. The van der Waals surface area contributed by atoms with Gasteiger partial charge in [-0.1, -0.05) is 18.2 Å². The lowest BCUT2D eigenvalue weighted by molar-refractivity contribution is 0.0985. The van der Waals surface area contributed by atoms with Gasteiger partial charge in [-0.05, 0) is 19.9 Å². The van der Waals surface area contributed by atoms with Gasteiger partial charge in [0.2, 0.25) is 0 Å². The second-order valence-electron chi connectivity index (χ2n) is 3.83. The molecule has 4 nitrogen and oxygen atoms in total. The van der Waals surface area contributed by atoms with E-state index in [9.17, 15) is 9.59 Å². The molecule has 1 heterocycles. The van der Waals surface area contributed by atoms with Crippen LogP contribution in [0.2, 0.25) is 0 Å². The maximum absolute atomic E-state index is 12.1. The van der Waals surface area contributed by atoms with Gasteiger partial charge in [0.25, 0.3) is 5.91 Å². The van der Waals surface area contributed by atoms with E-state index in [-0.39, 0.29) is 11.7 Å². The molecule has 2 aromatic rings. The first-order chi connectivity index (χ1) is 8.58. The molecule has 0 aliphatic rings. The van der Waals surface area contributed by atoms with Gasteiger partial charge < -0.3 is 0 Å². The average molecular weight is 260 g/mol. The Morgan fingerprint density at radius 3 is 2.44 bits per heavy atom. The molecule has 0 saturated heterocycles. The van der Waals surface area contributed by atoms with E-state index in [1.165, 1.54) is 18.3 Å². The average Bonchev–Trinajstić information content (AvgIpc) is 2.74. The van der Waals surface area contributed by atoms with E-state index in [1.54, 1.807) is 30.5 Å². The van der Waals surface area contributed by atoms with E-state index >= 15 is 0 Å². The first-order valence-electron chi connectivity index (χ1n) is 5.41. The van der Waals surface area contributed by atoms with Gasteiger partial charge in [-0.2, -0.15) is 0 Å². The smallest absolute Gasteiger partial charge is 0.258 e. The summed E-state index contributed by atoms with van der Waals surface area (Å²) in [5.41, 5.74) is 0.793. The standard InChI is InChI=1S/C13H12N2O2S/c1-8-7-14-13(18-8)15-12(17)11-6-4-3-5-10(11)9(2)16/h3-7H,1-2H3,(H,14,15,17).